The van der Waals surface area contributed by atoms with Crippen LogP contribution in [0.25, 0.3) is 0 Å². The molecule has 0 unspecified atom stereocenters. The lowest BCUT2D eigenvalue weighted by molar-refractivity contribution is 0.227. The zero-order chi connectivity index (χ0) is 14.4. The van der Waals surface area contributed by atoms with Crippen LogP contribution in [-0.2, 0) is 6.54 Å². The van der Waals surface area contributed by atoms with Crippen molar-refractivity contribution in [2.24, 2.45) is 0 Å². The number of fused-ring (bicyclic) bond motifs is 2. The van der Waals surface area contributed by atoms with Crippen LogP contribution in [0.2, 0.25) is 0 Å². The van der Waals surface area contributed by atoms with Crippen molar-refractivity contribution in [2.45, 2.75) is 38.9 Å². The monoisotopic (exact) mass is 282 g/mol. The van der Waals surface area contributed by atoms with Crippen molar-refractivity contribution in [1.29, 1.82) is 0 Å². The number of aryl methyl sites for hydroxylation is 1. The Hall–Kier alpha value is -1.81. The van der Waals surface area contributed by atoms with Crippen molar-refractivity contribution in [3.63, 3.8) is 0 Å². The van der Waals surface area contributed by atoms with Gasteiger partial charge in [-0.05, 0) is 38.0 Å². The molecular formula is C17H22N4. The van der Waals surface area contributed by atoms with Crippen molar-refractivity contribution < 1.29 is 0 Å². The molecular weight excluding hydrogens is 260 g/mol. The molecule has 3 heterocycles. The van der Waals surface area contributed by atoms with Gasteiger partial charge >= 0.3 is 0 Å². The number of aromatic nitrogens is 2. The third-order valence-corrected chi connectivity index (χ3v) is 5.15. The van der Waals surface area contributed by atoms with E-state index in [4.69, 9.17) is 0 Å². The second kappa shape index (κ2) is 4.88. The lowest BCUT2D eigenvalue weighted by Gasteiger charge is -2.35. The third kappa shape index (κ3) is 2.14. The largest absolute Gasteiger partial charge is 0.366 e. The number of piperazine rings is 1. The fourth-order valence-electron chi connectivity index (χ4n) is 3.76. The molecule has 4 nitrogen and oxygen atoms in total. The zero-order valence-electron chi connectivity index (χ0n) is 12.7. The van der Waals surface area contributed by atoms with Crippen LogP contribution < -0.4 is 4.90 Å². The maximum absolute atomic E-state index is 4.46. The van der Waals surface area contributed by atoms with E-state index < -0.39 is 0 Å². The Labute approximate surface area is 125 Å². The summed E-state index contributed by atoms with van der Waals surface area (Å²) in [6.07, 6.45) is 1.29. The van der Waals surface area contributed by atoms with Gasteiger partial charge in [0, 0.05) is 43.1 Å². The molecule has 4 heteroatoms. The quantitative estimate of drug-likeness (QED) is 0.939. The van der Waals surface area contributed by atoms with E-state index in [1.807, 2.05) is 0 Å². The highest BCUT2D eigenvalue weighted by atomic mass is 15.4. The van der Waals surface area contributed by atoms with Gasteiger partial charge in [-0.15, -0.1) is 0 Å². The Bertz CT molecular complexity index is 633. The smallest absolute Gasteiger partial charge is 0.0794 e. The molecule has 0 radical (unpaired) electrons. The minimum atomic E-state index is 0.665. The Balaban J connectivity index is 1.46. The number of para-hydroxylation sites is 1. The molecule has 0 spiro atoms. The minimum absolute atomic E-state index is 0.665. The van der Waals surface area contributed by atoms with E-state index in [-0.39, 0.29) is 0 Å². The first kappa shape index (κ1) is 12.9. The van der Waals surface area contributed by atoms with Crippen molar-refractivity contribution in [3.05, 3.63) is 47.3 Å². The standard InChI is InChI=1S/C17H22N4/c1-12-13(2)18-19-17(12)11-20-9-16-8-15(20)10-21(16)14-6-4-3-5-7-14/h3-7,15-16H,8-11H2,1-2H3,(H,18,19)/t15-,16-/m0/s1. The first-order chi connectivity index (χ1) is 10.2. The molecule has 1 aromatic carbocycles. The van der Waals surface area contributed by atoms with Gasteiger partial charge in [-0.25, -0.2) is 0 Å². The first-order valence-electron chi connectivity index (χ1n) is 7.78. The molecule has 0 amide bonds. The van der Waals surface area contributed by atoms with Gasteiger partial charge in [-0.1, -0.05) is 18.2 Å². The number of aromatic amines is 1. The number of hydrogen-bond acceptors (Lipinski definition) is 3. The molecule has 2 bridgehead atoms. The second-order valence-electron chi connectivity index (χ2n) is 6.38. The van der Waals surface area contributed by atoms with E-state index in [2.05, 4.69) is 64.2 Å². The number of likely N-dealkylation sites (tertiary alicyclic amines) is 1. The molecule has 0 aliphatic carbocycles. The van der Waals surface area contributed by atoms with Crippen molar-refractivity contribution >= 4 is 5.69 Å². The Morgan fingerprint density at radius 2 is 1.95 bits per heavy atom. The Morgan fingerprint density at radius 3 is 2.57 bits per heavy atom. The maximum atomic E-state index is 4.46. The molecule has 2 atom stereocenters. The van der Waals surface area contributed by atoms with E-state index in [0.29, 0.717) is 12.1 Å². The average Bonchev–Trinajstić information content (AvgIpc) is 3.18. The number of nitrogens with one attached hydrogen (secondary N) is 1. The molecule has 0 saturated carbocycles. The van der Waals surface area contributed by atoms with Gasteiger partial charge in [0.2, 0.25) is 0 Å². The molecule has 2 fully saturated rings. The number of benzene rings is 1. The molecule has 4 rings (SSSR count). The molecule has 1 N–H and O–H groups in total. The summed E-state index contributed by atoms with van der Waals surface area (Å²) in [5.74, 6) is 0. The highest BCUT2D eigenvalue weighted by molar-refractivity contribution is 5.49. The van der Waals surface area contributed by atoms with E-state index in [9.17, 15) is 0 Å². The molecule has 110 valence electrons. The number of hydrogen-bond donors (Lipinski definition) is 1. The van der Waals surface area contributed by atoms with Crippen molar-refractivity contribution in [2.75, 3.05) is 18.0 Å². The van der Waals surface area contributed by atoms with E-state index in [0.717, 1.165) is 19.6 Å². The topological polar surface area (TPSA) is 35.2 Å². The number of rotatable bonds is 3. The predicted molar refractivity (Wildman–Crippen MR) is 84.5 cm³/mol. The molecule has 2 aromatic rings. The van der Waals surface area contributed by atoms with Crippen LogP contribution in [0.3, 0.4) is 0 Å². The molecule has 2 aliphatic rings. The van der Waals surface area contributed by atoms with Gasteiger partial charge in [-0.2, -0.15) is 5.10 Å². The van der Waals surface area contributed by atoms with E-state index >= 15 is 0 Å². The third-order valence-electron chi connectivity index (χ3n) is 5.15. The number of anilines is 1. The maximum Gasteiger partial charge on any atom is 0.0794 e. The summed E-state index contributed by atoms with van der Waals surface area (Å²) < 4.78 is 0. The van der Waals surface area contributed by atoms with Gasteiger partial charge < -0.3 is 4.90 Å². The predicted octanol–water partition coefficient (Wildman–Crippen LogP) is 2.49. The first-order valence-corrected chi connectivity index (χ1v) is 7.78. The number of H-pyrrole nitrogens is 1. The summed E-state index contributed by atoms with van der Waals surface area (Å²) in [6.45, 7) is 7.56. The minimum Gasteiger partial charge on any atom is -0.366 e. The summed E-state index contributed by atoms with van der Waals surface area (Å²) in [7, 11) is 0. The van der Waals surface area contributed by atoms with Gasteiger partial charge in [-0.3, -0.25) is 10.00 Å². The van der Waals surface area contributed by atoms with Crippen LogP contribution in [0.15, 0.2) is 30.3 Å². The highest BCUT2D eigenvalue weighted by Gasteiger charge is 2.43. The van der Waals surface area contributed by atoms with Gasteiger partial charge in [0.15, 0.2) is 0 Å². The lowest BCUT2D eigenvalue weighted by Crippen LogP contribution is -2.46. The Kier molecular flexibility index (Phi) is 3.00. The fraction of sp³-hybridized carbons (Fsp3) is 0.471. The summed E-state index contributed by atoms with van der Waals surface area (Å²) >= 11 is 0. The van der Waals surface area contributed by atoms with Crippen molar-refractivity contribution in [3.8, 4) is 0 Å². The molecule has 21 heavy (non-hydrogen) atoms. The number of nitrogens with zero attached hydrogens (tertiary/aromatic N) is 3. The van der Waals surface area contributed by atoms with E-state index in [1.54, 1.807) is 0 Å². The van der Waals surface area contributed by atoms with Gasteiger partial charge in [0.05, 0.1) is 5.69 Å². The molecule has 2 aliphatic heterocycles. The Morgan fingerprint density at radius 1 is 1.14 bits per heavy atom. The zero-order valence-corrected chi connectivity index (χ0v) is 12.7. The van der Waals surface area contributed by atoms with Crippen LogP contribution in [0.4, 0.5) is 5.69 Å². The molecule has 2 saturated heterocycles. The summed E-state index contributed by atoms with van der Waals surface area (Å²) in [4.78, 5) is 5.18. The van der Waals surface area contributed by atoms with Crippen LogP contribution in [-0.4, -0.2) is 40.3 Å². The van der Waals surface area contributed by atoms with Crippen LogP contribution in [0.5, 0.6) is 0 Å². The summed E-state index contributed by atoms with van der Waals surface area (Å²) in [5, 5.41) is 7.56. The van der Waals surface area contributed by atoms with Crippen LogP contribution in [0, 0.1) is 13.8 Å². The lowest BCUT2D eigenvalue weighted by atomic mass is 10.2. The summed E-state index contributed by atoms with van der Waals surface area (Å²) in [5.41, 5.74) is 5.10. The normalized spacial score (nSPS) is 25.0. The SMILES string of the molecule is Cc1[nH]nc(CN2C[C@@H]3C[C@H]2CN3c2ccccc2)c1C. The fourth-order valence-corrected chi connectivity index (χ4v) is 3.76. The van der Waals surface area contributed by atoms with Crippen molar-refractivity contribution in [1.82, 2.24) is 15.1 Å². The average molecular weight is 282 g/mol. The van der Waals surface area contributed by atoms with Crippen LogP contribution >= 0.6 is 0 Å². The van der Waals surface area contributed by atoms with Crippen LogP contribution in [0.1, 0.15) is 23.4 Å². The molecule has 1 aromatic heterocycles. The van der Waals surface area contributed by atoms with Gasteiger partial charge in [0.25, 0.3) is 0 Å². The van der Waals surface area contributed by atoms with E-state index in [1.165, 1.54) is 29.1 Å². The second-order valence-corrected chi connectivity index (χ2v) is 6.38. The highest BCUT2D eigenvalue weighted by Crippen LogP contribution is 2.35. The van der Waals surface area contributed by atoms with Gasteiger partial charge in [0.1, 0.15) is 0 Å². The summed E-state index contributed by atoms with van der Waals surface area (Å²) in [6, 6.07) is 12.2.